The molecule has 0 spiro atoms. The van der Waals surface area contributed by atoms with Crippen LogP contribution in [0.15, 0.2) is 74.8 Å². The number of hydrogen-bond acceptors (Lipinski definition) is 4. The topological polar surface area (TPSA) is 71.3 Å². The number of nitrogens with one attached hydrogen (secondary N) is 2. The lowest BCUT2D eigenvalue weighted by Gasteiger charge is -2.10. The van der Waals surface area contributed by atoms with Gasteiger partial charge in [-0.05, 0) is 47.4 Å². The Morgan fingerprint density at radius 1 is 1.12 bits per heavy atom. The normalized spacial score (nSPS) is 11.2. The van der Waals surface area contributed by atoms with Crippen molar-refractivity contribution in [1.82, 2.24) is 10.6 Å². The van der Waals surface area contributed by atoms with Crippen molar-refractivity contribution >= 4 is 45.2 Å². The van der Waals surface area contributed by atoms with Crippen molar-refractivity contribution in [2.24, 2.45) is 0 Å². The van der Waals surface area contributed by atoms with E-state index >= 15 is 0 Å². The van der Waals surface area contributed by atoms with E-state index in [9.17, 15) is 9.59 Å². The summed E-state index contributed by atoms with van der Waals surface area (Å²) in [4.78, 5) is 25.5. The minimum atomic E-state index is -0.394. The van der Waals surface area contributed by atoms with Crippen molar-refractivity contribution in [1.29, 1.82) is 0 Å². The molecule has 0 saturated heterocycles. The predicted octanol–water partition coefficient (Wildman–Crippen LogP) is 4.19. The third-order valence-electron chi connectivity index (χ3n) is 3.42. The summed E-state index contributed by atoms with van der Waals surface area (Å²) in [5.41, 5.74) is 0.958. The Bertz CT molecular complexity index is 901. The zero-order chi connectivity index (χ0) is 18.4. The van der Waals surface area contributed by atoms with Crippen molar-refractivity contribution in [2.75, 3.05) is 0 Å². The van der Waals surface area contributed by atoms with Crippen LogP contribution in [0.1, 0.15) is 21.0 Å². The van der Waals surface area contributed by atoms with Gasteiger partial charge in [-0.3, -0.25) is 9.59 Å². The Morgan fingerprint density at radius 2 is 1.92 bits per heavy atom. The first kappa shape index (κ1) is 18.2. The minimum Gasteiger partial charge on any atom is -0.467 e. The van der Waals surface area contributed by atoms with Crippen molar-refractivity contribution in [2.45, 2.75) is 6.54 Å². The van der Waals surface area contributed by atoms with Gasteiger partial charge in [0.2, 0.25) is 0 Å². The van der Waals surface area contributed by atoms with E-state index in [1.165, 1.54) is 11.3 Å². The van der Waals surface area contributed by atoms with Gasteiger partial charge in [0.15, 0.2) is 0 Å². The highest BCUT2D eigenvalue weighted by atomic mass is 79.9. The Kier molecular flexibility index (Phi) is 6.04. The molecule has 1 aromatic carbocycles. The fraction of sp³-hybridized carbons (Fsp3) is 0.0526. The van der Waals surface area contributed by atoms with E-state index in [0.717, 1.165) is 10.0 Å². The first-order valence-corrected chi connectivity index (χ1v) is 9.42. The van der Waals surface area contributed by atoms with Gasteiger partial charge in [-0.15, -0.1) is 11.3 Å². The summed E-state index contributed by atoms with van der Waals surface area (Å²) in [6.45, 7) is 0.235. The molecule has 2 amide bonds. The van der Waals surface area contributed by atoms with Crippen molar-refractivity contribution in [3.05, 3.63) is 86.5 Å². The summed E-state index contributed by atoms with van der Waals surface area (Å²) in [6, 6.07) is 14.4. The molecule has 3 rings (SSSR count). The summed E-state index contributed by atoms with van der Waals surface area (Å²) in [5, 5.41) is 7.25. The van der Waals surface area contributed by atoms with Gasteiger partial charge in [-0.2, -0.15) is 0 Å². The highest BCUT2D eigenvalue weighted by molar-refractivity contribution is 9.10. The molecule has 0 fully saturated rings. The summed E-state index contributed by atoms with van der Waals surface area (Å²) in [7, 11) is 0. The highest BCUT2D eigenvalue weighted by Gasteiger charge is 2.15. The highest BCUT2D eigenvalue weighted by Crippen LogP contribution is 2.14. The molecule has 0 aliphatic carbocycles. The molecule has 2 aromatic heterocycles. The molecule has 0 saturated carbocycles. The standard InChI is InChI=1S/C19H15BrN2O3S/c20-14-7-5-13(6-8-14)11-16(22-19(24)17-4-2-10-26-17)18(23)21-12-15-3-1-9-25-15/h1-11H,12H2,(H,21,23)(H,22,24)/b16-11+. The molecule has 26 heavy (non-hydrogen) atoms. The smallest absolute Gasteiger partial charge is 0.268 e. The molecule has 132 valence electrons. The lowest BCUT2D eigenvalue weighted by atomic mass is 10.2. The maximum atomic E-state index is 12.6. The summed E-state index contributed by atoms with van der Waals surface area (Å²) >= 11 is 4.69. The van der Waals surface area contributed by atoms with Crippen LogP contribution in [0.2, 0.25) is 0 Å². The molecule has 3 aromatic rings. The Labute approximate surface area is 162 Å². The van der Waals surface area contributed by atoms with Gasteiger partial charge < -0.3 is 15.1 Å². The second-order valence-electron chi connectivity index (χ2n) is 5.30. The number of halogens is 1. The first-order chi connectivity index (χ1) is 12.6. The molecular weight excluding hydrogens is 416 g/mol. The Morgan fingerprint density at radius 3 is 2.58 bits per heavy atom. The van der Waals surface area contributed by atoms with Crippen LogP contribution in [-0.4, -0.2) is 11.8 Å². The molecule has 0 aliphatic rings. The van der Waals surface area contributed by atoms with E-state index in [1.54, 1.807) is 36.6 Å². The number of thiophene rings is 1. The van der Waals surface area contributed by atoms with Crippen LogP contribution in [0, 0.1) is 0 Å². The van der Waals surface area contributed by atoms with E-state index in [0.29, 0.717) is 10.6 Å². The Hall–Kier alpha value is -2.64. The molecular formula is C19H15BrN2O3S. The molecule has 5 nitrogen and oxygen atoms in total. The SMILES string of the molecule is O=C(NCc1ccco1)/C(=C\c1ccc(Br)cc1)NC(=O)c1cccs1. The fourth-order valence-electron chi connectivity index (χ4n) is 2.15. The molecule has 2 heterocycles. The van der Waals surface area contributed by atoms with Gasteiger partial charge in [0.25, 0.3) is 11.8 Å². The fourth-order valence-corrected chi connectivity index (χ4v) is 3.03. The molecule has 2 N–H and O–H groups in total. The lowest BCUT2D eigenvalue weighted by Crippen LogP contribution is -2.34. The Balaban J connectivity index is 1.78. The van der Waals surface area contributed by atoms with Crippen molar-refractivity contribution in [3.63, 3.8) is 0 Å². The van der Waals surface area contributed by atoms with Gasteiger partial charge in [-0.1, -0.05) is 34.1 Å². The van der Waals surface area contributed by atoms with Crippen LogP contribution in [-0.2, 0) is 11.3 Å². The third kappa shape index (κ3) is 4.93. The second-order valence-corrected chi connectivity index (χ2v) is 7.17. The van der Waals surface area contributed by atoms with E-state index < -0.39 is 5.91 Å². The number of carbonyl (C=O) groups is 2. The van der Waals surface area contributed by atoms with Crippen LogP contribution < -0.4 is 10.6 Å². The zero-order valence-corrected chi connectivity index (χ0v) is 16.0. The molecule has 0 radical (unpaired) electrons. The average Bonchev–Trinajstić information content (AvgIpc) is 3.34. The number of amides is 2. The molecule has 0 unspecified atom stereocenters. The third-order valence-corrected chi connectivity index (χ3v) is 4.82. The summed E-state index contributed by atoms with van der Waals surface area (Å²) < 4.78 is 6.14. The number of rotatable bonds is 6. The van der Waals surface area contributed by atoms with Gasteiger partial charge >= 0.3 is 0 Å². The largest absolute Gasteiger partial charge is 0.467 e. The predicted molar refractivity (Wildman–Crippen MR) is 104 cm³/mol. The summed E-state index contributed by atoms with van der Waals surface area (Å²) in [6.07, 6.45) is 3.17. The number of benzene rings is 1. The van der Waals surface area contributed by atoms with Crippen molar-refractivity contribution < 1.29 is 14.0 Å². The van der Waals surface area contributed by atoms with Gasteiger partial charge in [0.1, 0.15) is 11.5 Å². The van der Waals surface area contributed by atoms with Gasteiger partial charge in [0.05, 0.1) is 17.7 Å². The van der Waals surface area contributed by atoms with E-state index in [1.807, 2.05) is 29.6 Å². The monoisotopic (exact) mass is 430 g/mol. The number of hydrogen-bond donors (Lipinski definition) is 2. The quantitative estimate of drug-likeness (QED) is 0.575. The maximum Gasteiger partial charge on any atom is 0.268 e. The van der Waals surface area contributed by atoms with E-state index in [4.69, 9.17) is 4.42 Å². The molecule has 0 aliphatic heterocycles. The maximum absolute atomic E-state index is 12.6. The van der Waals surface area contributed by atoms with Gasteiger partial charge in [-0.25, -0.2) is 0 Å². The van der Waals surface area contributed by atoms with E-state index in [2.05, 4.69) is 26.6 Å². The van der Waals surface area contributed by atoms with Crippen molar-refractivity contribution in [3.8, 4) is 0 Å². The average molecular weight is 431 g/mol. The molecule has 0 atom stereocenters. The lowest BCUT2D eigenvalue weighted by molar-refractivity contribution is -0.118. The minimum absolute atomic E-state index is 0.164. The van der Waals surface area contributed by atoms with E-state index in [-0.39, 0.29) is 18.1 Å². The summed E-state index contributed by atoms with van der Waals surface area (Å²) in [5.74, 6) is -0.0864. The van der Waals surface area contributed by atoms with Crippen LogP contribution in [0.25, 0.3) is 6.08 Å². The molecule has 7 heteroatoms. The molecule has 0 bridgehead atoms. The van der Waals surface area contributed by atoms with Crippen LogP contribution in [0.4, 0.5) is 0 Å². The number of furan rings is 1. The van der Waals surface area contributed by atoms with Crippen LogP contribution in [0.5, 0.6) is 0 Å². The van der Waals surface area contributed by atoms with Crippen LogP contribution in [0.3, 0.4) is 0 Å². The van der Waals surface area contributed by atoms with Crippen LogP contribution >= 0.6 is 27.3 Å². The van der Waals surface area contributed by atoms with Gasteiger partial charge in [0, 0.05) is 4.47 Å². The zero-order valence-electron chi connectivity index (χ0n) is 13.6. The first-order valence-electron chi connectivity index (χ1n) is 7.74. The second kappa shape index (κ2) is 8.64. The number of carbonyl (C=O) groups excluding carboxylic acids is 2.